The van der Waals surface area contributed by atoms with E-state index in [1.54, 1.807) is 26.4 Å². The van der Waals surface area contributed by atoms with Gasteiger partial charge in [-0.05, 0) is 49.3 Å². The van der Waals surface area contributed by atoms with E-state index in [0.29, 0.717) is 22.8 Å². The highest BCUT2D eigenvalue weighted by molar-refractivity contribution is 5.98. The second-order valence-corrected chi connectivity index (χ2v) is 6.84. The van der Waals surface area contributed by atoms with Crippen LogP contribution in [0.2, 0.25) is 0 Å². The summed E-state index contributed by atoms with van der Waals surface area (Å²) in [6, 6.07) is 9.74. The van der Waals surface area contributed by atoms with Crippen LogP contribution in [-0.4, -0.2) is 27.2 Å². The summed E-state index contributed by atoms with van der Waals surface area (Å²) in [6.45, 7) is 2.00. The molecule has 0 saturated carbocycles. The summed E-state index contributed by atoms with van der Waals surface area (Å²) >= 11 is 0. The molecule has 3 rings (SSSR count). The van der Waals surface area contributed by atoms with E-state index in [0.717, 1.165) is 18.4 Å². The monoisotopic (exact) mass is 369 g/mol. The molecule has 1 aliphatic rings. The van der Waals surface area contributed by atoms with Gasteiger partial charge in [0, 0.05) is 12.1 Å². The molecule has 1 amide bonds. The molecule has 2 aromatic rings. The summed E-state index contributed by atoms with van der Waals surface area (Å²) in [5.74, 6) is 1.25. The Morgan fingerprint density at radius 1 is 0.889 bits per heavy atom. The molecule has 5 heteroatoms. The van der Waals surface area contributed by atoms with Crippen molar-refractivity contribution < 1.29 is 19.0 Å². The Morgan fingerprint density at radius 2 is 1.52 bits per heavy atom. The van der Waals surface area contributed by atoms with Crippen molar-refractivity contribution in [3.63, 3.8) is 0 Å². The fraction of sp³-hybridized carbons (Fsp3) is 0.409. The first kappa shape index (κ1) is 19.1. The van der Waals surface area contributed by atoms with Gasteiger partial charge in [-0.3, -0.25) is 4.79 Å². The molecule has 1 unspecified atom stereocenters. The van der Waals surface area contributed by atoms with Crippen LogP contribution in [0.15, 0.2) is 30.3 Å². The number of nitrogens with one attached hydrogen (secondary N) is 1. The first-order chi connectivity index (χ1) is 13.1. The zero-order valence-electron chi connectivity index (χ0n) is 16.4. The van der Waals surface area contributed by atoms with Crippen LogP contribution in [-0.2, 0) is 12.8 Å². The third-order valence-electron chi connectivity index (χ3n) is 5.17. The molecule has 0 saturated heterocycles. The minimum absolute atomic E-state index is 0.109. The molecule has 0 bridgehead atoms. The minimum atomic E-state index is -0.210. The summed E-state index contributed by atoms with van der Waals surface area (Å²) in [5.41, 5.74) is 4.37. The maximum Gasteiger partial charge on any atom is 0.255 e. The van der Waals surface area contributed by atoms with Crippen LogP contribution < -0.4 is 19.5 Å². The van der Waals surface area contributed by atoms with Crippen LogP contribution in [0.4, 0.5) is 0 Å². The minimum Gasteiger partial charge on any atom is -0.496 e. The Labute approximate surface area is 160 Å². The Morgan fingerprint density at radius 3 is 2.19 bits per heavy atom. The quantitative estimate of drug-likeness (QED) is 0.833. The molecule has 1 aliphatic carbocycles. The molecule has 2 aromatic carbocycles. The van der Waals surface area contributed by atoms with Crippen LogP contribution in [0.25, 0.3) is 0 Å². The lowest BCUT2D eigenvalue weighted by molar-refractivity contribution is 0.0936. The van der Waals surface area contributed by atoms with Crippen molar-refractivity contribution in [1.82, 2.24) is 5.32 Å². The fourth-order valence-electron chi connectivity index (χ4n) is 3.59. The molecule has 0 spiro atoms. The second-order valence-electron chi connectivity index (χ2n) is 6.84. The van der Waals surface area contributed by atoms with Gasteiger partial charge in [0.05, 0.1) is 32.9 Å². The Balaban J connectivity index is 1.82. The molecule has 0 fully saturated rings. The van der Waals surface area contributed by atoms with Gasteiger partial charge in [-0.1, -0.05) is 18.2 Å². The lowest BCUT2D eigenvalue weighted by atomic mass is 9.89. The average molecular weight is 369 g/mol. The zero-order valence-corrected chi connectivity index (χ0v) is 16.4. The maximum atomic E-state index is 12.9. The number of hydrogen-bond acceptors (Lipinski definition) is 4. The van der Waals surface area contributed by atoms with E-state index < -0.39 is 0 Å². The van der Waals surface area contributed by atoms with Gasteiger partial charge < -0.3 is 19.5 Å². The highest BCUT2D eigenvalue weighted by Gasteiger charge is 2.20. The lowest BCUT2D eigenvalue weighted by Crippen LogP contribution is -2.27. The summed E-state index contributed by atoms with van der Waals surface area (Å²) < 4.78 is 16.0. The number of amides is 1. The number of hydrogen-bond donors (Lipinski definition) is 1. The number of carbonyl (C=O) groups excluding carboxylic acids is 1. The van der Waals surface area contributed by atoms with E-state index in [4.69, 9.17) is 14.2 Å². The van der Waals surface area contributed by atoms with Crippen molar-refractivity contribution in [2.75, 3.05) is 21.3 Å². The number of benzene rings is 2. The number of rotatable bonds is 6. The van der Waals surface area contributed by atoms with Gasteiger partial charge >= 0.3 is 0 Å². The van der Waals surface area contributed by atoms with Gasteiger partial charge in [0.15, 0.2) is 11.5 Å². The van der Waals surface area contributed by atoms with Crippen molar-refractivity contribution in [2.45, 2.75) is 38.6 Å². The molecule has 144 valence electrons. The Bertz CT molecular complexity index is 831. The Kier molecular flexibility index (Phi) is 5.89. The van der Waals surface area contributed by atoms with E-state index in [-0.39, 0.29) is 11.9 Å². The third-order valence-corrected chi connectivity index (χ3v) is 5.17. The predicted molar refractivity (Wildman–Crippen MR) is 105 cm³/mol. The third kappa shape index (κ3) is 4.02. The van der Waals surface area contributed by atoms with E-state index in [1.165, 1.54) is 31.1 Å². The number of methoxy groups -OCH3 is 3. The van der Waals surface area contributed by atoms with Crippen LogP contribution in [0.1, 0.15) is 52.9 Å². The smallest absolute Gasteiger partial charge is 0.255 e. The van der Waals surface area contributed by atoms with E-state index in [9.17, 15) is 4.79 Å². The molecule has 0 aromatic heterocycles. The first-order valence-electron chi connectivity index (χ1n) is 9.30. The number of carbonyl (C=O) groups is 1. The highest BCUT2D eigenvalue weighted by Crippen LogP contribution is 2.35. The summed E-state index contributed by atoms with van der Waals surface area (Å²) in [5, 5.41) is 3.07. The van der Waals surface area contributed by atoms with Gasteiger partial charge in [-0.15, -0.1) is 0 Å². The summed E-state index contributed by atoms with van der Waals surface area (Å²) in [6.07, 6.45) is 4.77. The highest BCUT2D eigenvalue weighted by atomic mass is 16.5. The molecule has 0 radical (unpaired) electrons. The second kappa shape index (κ2) is 8.33. The van der Waals surface area contributed by atoms with Gasteiger partial charge in [0.1, 0.15) is 5.75 Å². The molecule has 1 N–H and O–H groups in total. The standard InChI is InChI=1S/C22H27NO4/c1-14(16-10-9-15-7-5-6-8-17(15)11-16)23-22(24)18-12-20(26-3)21(27-4)13-19(18)25-2/h9-14H,5-8H2,1-4H3,(H,23,24). The van der Waals surface area contributed by atoms with Crippen LogP contribution >= 0.6 is 0 Å². The SMILES string of the molecule is COc1cc(OC)c(C(=O)NC(C)c2ccc3c(c2)CCCC3)cc1OC. The largest absolute Gasteiger partial charge is 0.496 e. The molecule has 0 aliphatic heterocycles. The molecular formula is C22H27NO4. The summed E-state index contributed by atoms with van der Waals surface area (Å²) in [4.78, 5) is 12.9. The number of ether oxygens (including phenoxy) is 3. The predicted octanol–water partition coefficient (Wildman–Crippen LogP) is 4.08. The van der Waals surface area contributed by atoms with Crippen LogP contribution in [0, 0.1) is 0 Å². The fourth-order valence-corrected chi connectivity index (χ4v) is 3.59. The van der Waals surface area contributed by atoms with Crippen molar-refractivity contribution in [3.05, 3.63) is 52.6 Å². The van der Waals surface area contributed by atoms with Gasteiger partial charge in [0.2, 0.25) is 0 Å². The van der Waals surface area contributed by atoms with Crippen molar-refractivity contribution in [3.8, 4) is 17.2 Å². The first-order valence-corrected chi connectivity index (χ1v) is 9.30. The number of fused-ring (bicyclic) bond motifs is 1. The lowest BCUT2D eigenvalue weighted by Gasteiger charge is -2.21. The molecule has 0 heterocycles. The van der Waals surface area contributed by atoms with Gasteiger partial charge in [-0.25, -0.2) is 0 Å². The van der Waals surface area contributed by atoms with E-state index in [1.807, 2.05) is 6.92 Å². The molecule has 5 nitrogen and oxygen atoms in total. The topological polar surface area (TPSA) is 56.8 Å². The van der Waals surface area contributed by atoms with Crippen molar-refractivity contribution >= 4 is 5.91 Å². The molecule has 27 heavy (non-hydrogen) atoms. The summed E-state index contributed by atoms with van der Waals surface area (Å²) in [7, 11) is 4.63. The zero-order chi connectivity index (χ0) is 19.4. The molecule has 1 atom stereocenters. The normalized spacial score (nSPS) is 14.1. The van der Waals surface area contributed by atoms with E-state index >= 15 is 0 Å². The average Bonchev–Trinajstić information content (AvgIpc) is 2.72. The Hall–Kier alpha value is -2.69. The molecular weight excluding hydrogens is 342 g/mol. The number of aryl methyl sites for hydroxylation is 2. The van der Waals surface area contributed by atoms with Crippen LogP contribution in [0.3, 0.4) is 0 Å². The van der Waals surface area contributed by atoms with Gasteiger partial charge in [0.25, 0.3) is 5.91 Å². The van der Waals surface area contributed by atoms with Crippen molar-refractivity contribution in [1.29, 1.82) is 0 Å². The van der Waals surface area contributed by atoms with Gasteiger partial charge in [-0.2, -0.15) is 0 Å². The van der Waals surface area contributed by atoms with E-state index in [2.05, 4.69) is 23.5 Å². The maximum absolute atomic E-state index is 12.9. The van der Waals surface area contributed by atoms with Crippen LogP contribution in [0.5, 0.6) is 17.2 Å². The van der Waals surface area contributed by atoms with Crippen molar-refractivity contribution in [2.24, 2.45) is 0 Å².